The van der Waals surface area contributed by atoms with E-state index in [2.05, 4.69) is 10.3 Å². The summed E-state index contributed by atoms with van der Waals surface area (Å²) in [4.78, 5) is 26.7. The minimum absolute atomic E-state index is 0.267. The zero-order valence-electron chi connectivity index (χ0n) is 10.7. The minimum atomic E-state index is -1.01. The Hall–Kier alpha value is -2.83. The van der Waals surface area contributed by atoms with Crippen molar-refractivity contribution in [3.63, 3.8) is 0 Å². The number of carboxylic acids is 1. The van der Waals surface area contributed by atoms with Gasteiger partial charge in [-0.25, -0.2) is 4.98 Å². The highest BCUT2D eigenvalue weighted by molar-refractivity contribution is 6.03. The molecule has 0 fully saturated rings. The second-order valence-electron chi connectivity index (χ2n) is 3.96. The molecule has 2 N–H and O–H groups in total. The molecular formula is C13H13N3O4. The number of carbonyl (C=O) groups excluding carboxylic acids is 1. The van der Waals surface area contributed by atoms with Gasteiger partial charge in [-0.3, -0.25) is 9.59 Å². The maximum atomic E-state index is 12.0. The number of hydrogen-bond donors (Lipinski definition) is 2. The number of hydrogen-bond acceptors (Lipinski definition) is 4. The van der Waals surface area contributed by atoms with Crippen LogP contribution in [0.4, 0.5) is 5.69 Å². The molecule has 7 nitrogen and oxygen atoms in total. The Balaban J connectivity index is 2.11. The highest BCUT2D eigenvalue weighted by Crippen LogP contribution is 2.12. The van der Waals surface area contributed by atoms with Crippen LogP contribution in [0, 0.1) is 0 Å². The van der Waals surface area contributed by atoms with Gasteiger partial charge in [0, 0.05) is 12.3 Å². The van der Waals surface area contributed by atoms with E-state index in [0.29, 0.717) is 11.6 Å². The molecule has 0 bridgehead atoms. The van der Waals surface area contributed by atoms with Gasteiger partial charge in [-0.15, -0.1) is 0 Å². The number of nitrogens with one attached hydrogen (secondary N) is 1. The van der Waals surface area contributed by atoms with Crippen molar-refractivity contribution in [2.45, 2.75) is 6.54 Å². The lowest BCUT2D eigenvalue weighted by molar-refractivity contribution is -0.137. The Kier molecular flexibility index (Phi) is 3.99. The molecule has 20 heavy (non-hydrogen) atoms. The summed E-state index contributed by atoms with van der Waals surface area (Å²) in [6, 6.07) is 6.43. The molecule has 0 aliphatic carbocycles. The molecule has 0 aliphatic heterocycles. The third-order valence-corrected chi connectivity index (χ3v) is 2.57. The Morgan fingerprint density at radius 2 is 2.20 bits per heavy atom. The van der Waals surface area contributed by atoms with Crippen molar-refractivity contribution in [3.05, 3.63) is 42.4 Å². The number of pyridine rings is 1. The van der Waals surface area contributed by atoms with E-state index in [1.807, 2.05) is 0 Å². The number of carboxylic acid groups (broad SMARTS) is 1. The lowest BCUT2D eigenvalue weighted by Gasteiger charge is -2.08. The zero-order valence-corrected chi connectivity index (χ0v) is 10.7. The van der Waals surface area contributed by atoms with Crippen LogP contribution in [0.25, 0.3) is 0 Å². The maximum absolute atomic E-state index is 12.0. The van der Waals surface area contributed by atoms with Crippen LogP contribution < -0.4 is 10.1 Å². The molecule has 2 aromatic heterocycles. The number of aromatic nitrogens is 2. The quantitative estimate of drug-likeness (QED) is 0.856. The van der Waals surface area contributed by atoms with Crippen molar-refractivity contribution in [1.82, 2.24) is 9.55 Å². The fraction of sp³-hybridized carbons (Fsp3) is 0.154. The highest BCUT2D eigenvalue weighted by atomic mass is 16.5. The molecule has 0 radical (unpaired) electrons. The fourth-order valence-corrected chi connectivity index (χ4v) is 1.67. The molecule has 2 heterocycles. The van der Waals surface area contributed by atoms with Gasteiger partial charge in [0.25, 0.3) is 5.91 Å². The highest BCUT2D eigenvalue weighted by Gasteiger charge is 2.13. The summed E-state index contributed by atoms with van der Waals surface area (Å²) >= 11 is 0. The summed E-state index contributed by atoms with van der Waals surface area (Å²) in [5.41, 5.74) is 0.766. The van der Waals surface area contributed by atoms with Gasteiger partial charge in [0.15, 0.2) is 0 Å². The van der Waals surface area contributed by atoms with Gasteiger partial charge in [0.05, 0.1) is 19.0 Å². The van der Waals surface area contributed by atoms with Gasteiger partial charge >= 0.3 is 5.97 Å². The van der Waals surface area contributed by atoms with Crippen molar-refractivity contribution in [2.75, 3.05) is 12.4 Å². The molecule has 0 atom stereocenters. The van der Waals surface area contributed by atoms with Gasteiger partial charge in [-0.2, -0.15) is 0 Å². The second kappa shape index (κ2) is 5.87. The molecule has 2 aromatic rings. The van der Waals surface area contributed by atoms with E-state index in [-0.39, 0.29) is 12.2 Å². The summed E-state index contributed by atoms with van der Waals surface area (Å²) in [7, 11) is 1.50. The minimum Gasteiger partial charge on any atom is -0.481 e. The van der Waals surface area contributed by atoms with Crippen LogP contribution in [0.15, 0.2) is 36.7 Å². The number of ether oxygens (including phenoxy) is 1. The van der Waals surface area contributed by atoms with Gasteiger partial charge in [-0.05, 0) is 18.2 Å². The van der Waals surface area contributed by atoms with Crippen LogP contribution in [0.3, 0.4) is 0 Å². The number of methoxy groups -OCH3 is 1. The van der Waals surface area contributed by atoms with E-state index < -0.39 is 11.9 Å². The Bertz CT molecular complexity index is 619. The van der Waals surface area contributed by atoms with Gasteiger partial charge in [0.2, 0.25) is 5.88 Å². The van der Waals surface area contributed by atoms with E-state index in [1.54, 1.807) is 24.3 Å². The predicted molar refractivity (Wildman–Crippen MR) is 70.8 cm³/mol. The Morgan fingerprint density at radius 3 is 2.80 bits per heavy atom. The van der Waals surface area contributed by atoms with Crippen molar-refractivity contribution < 1.29 is 19.4 Å². The molecule has 2 rings (SSSR count). The van der Waals surface area contributed by atoms with E-state index in [0.717, 1.165) is 0 Å². The summed E-state index contributed by atoms with van der Waals surface area (Å²) < 4.78 is 6.27. The summed E-state index contributed by atoms with van der Waals surface area (Å²) in [6.45, 7) is -0.267. The monoisotopic (exact) mass is 275 g/mol. The van der Waals surface area contributed by atoms with Gasteiger partial charge < -0.3 is 19.7 Å². The van der Waals surface area contributed by atoms with Crippen molar-refractivity contribution in [2.24, 2.45) is 0 Å². The smallest absolute Gasteiger partial charge is 0.323 e. The van der Waals surface area contributed by atoms with Crippen molar-refractivity contribution >= 4 is 17.6 Å². The van der Waals surface area contributed by atoms with Crippen LogP contribution in [-0.2, 0) is 11.3 Å². The number of nitrogens with zero attached hydrogens (tertiary/aromatic N) is 2. The summed E-state index contributed by atoms with van der Waals surface area (Å²) in [6.07, 6.45) is 3.00. The zero-order chi connectivity index (χ0) is 14.5. The predicted octanol–water partition coefficient (Wildman–Crippen LogP) is 1.23. The number of carbonyl (C=O) groups is 2. The van der Waals surface area contributed by atoms with Gasteiger partial charge in [-0.1, -0.05) is 0 Å². The van der Waals surface area contributed by atoms with Gasteiger partial charge in [0.1, 0.15) is 12.2 Å². The van der Waals surface area contributed by atoms with Crippen LogP contribution in [-0.4, -0.2) is 33.6 Å². The number of aliphatic carboxylic acids is 1. The van der Waals surface area contributed by atoms with Crippen LogP contribution >= 0.6 is 0 Å². The van der Waals surface area contributed by atoms with Crippen molar-refractivity contribution in [3.8, 4) is 5.88 Å². The van der Waals surface area contributed by atoms with E-state index in [9.17, 15) is 9.59 Å². The van der Waals surface area contributed by atoms with E-state index in [4.69, 9.17) is 9.84 Å². The molecule has 7 heteroatoms. The molecule has 0 saturated heterocycles. The molecule has 0 aliphatic rings. The molecule has 0 unspecified atom stereocenters. The summed E-state index contributed by atoms with van der Waals surface area (Å²) in [5.74, 6) is -0.971. The molecule has 104 valence electrons. The van der Waals surface area contributed by atoms with Crippen LogP contribution in [0.5, 0.6) is 5.88 Å². The molecule has 0 saturated carbocycles. The average molecular weight is 275 g/mol. The first-order valence-electron chi connectivity index (χ1n) is 5.78. The standard InChI is InChI=1S/C13H13N3O4/c1-20-11-5-4-9(7-14-11)15-13(19)10-3-2-6-16(10)8-12(17)18/h2-7H,8H2,1H3,(H,15,19)(H,17,18). The molecule has 0 spiro atoms. The normalized spacial score (nSPS) is 10.1. The number of rotatable bonds is 5. The van der Waals surface area contributed by atoms with E-state index >= 15 is 0 Å². The molecule has 0 aromatic carbocycles. The second-order valence-corrected chi connectivity index (χ2v) is 3.96. The van der Waals surface area contributed by atoms with Crippen molar-refractivity contribution in [1.29, 1.82) is 0 Å². The first-order valence-corrected chi connectivity index (χ1v) is 5.78. The summed E-state index contributed by atoms with van der Waals surface area (Å²) in [5, 5.41) is 11.4. The topological polar surface area (TPSA) is 93.5 Å². The molecular weight excluding hydrogens is 262 g/mol. The van der Waals surface area contributed by atoms with Crippen LogP contribution in [0.2, 0.25) is 0 Å². The first kappa shape index (κ1) is 13.6. The SMILES string of the molecule is COc1ccc(NC(=O)c2cccn2CC(=O)O)cn1. The lowest BCUT2D eigenvalue weighted by Crippen LogP contribution is -2.19. The molecule has 1 amide bonds. The third kappa shape index (κ3) is 3.14. The Labute approximate surface area is 114 Å². The van der Waals surface area contributed by atoms with E-state index in [1.165, 1.54) is 24.1 Å². The first-order chi connectivity index (χ1) is 9.60. The third-order valence-electron chi connectivity index (χ3n) is 2.57. The maximum Gasteiger partial charge on any atom is 0.323 e. The van der Waals surface area contributed by atoms with Crippen LogP contribution in [0.1, 0.15) is 10.5 Å². The average Bonchev–Trinajstić information content (AvgIpc) is 2.87. The number of anilines is 1. The number of amides is 1. The Morgan fingerprint density at radius 1 is 1.40 bits per heavy atom. The fourth-order valence-electron chi connectivity index (χ4n) is 1.67. The lowest BCUT2D eigenvalue weighted by atomic mass is 10.3. The largest absolute Gasteiger partial charge is 0.481 e.